The lowest BCUT2D eigenvalue weighted by Crippen LogP contribution is -2.59. The van der Waals surface area contributed by atoms with Gasteiger partial charge in [-0.25, -0.2) is 4.79 Å². The monoisotopic (exact) mass is 657 g/mol. The Kier molecular flexibility index (Phi) is 20.1. The van der Waals surface area contributed by atoms with E-state index in [0.29, 0.717) is 19.4 Å². The second kappa shape index (κ2) is 21.9. The van der Waals surface area contributed by atoms with E-state index in [9.17, 15) is 43.8 Å². The van der Waals surface area contributed by atoms with E-state index < -0.39 is 78.1 Å². The molecule has 46 heavy (non-hydrogen) atoms. The van der Waals surface area contributed by atoms with Crippen molar-refractivity contribution in [3.05, 3.63) is 0 Å². The molecule has 0 unspecified atom stereocenters. The molecule has 0 aliphatic rings. The first-order valence-electron chi connectivity index (χ1n) is 15.8. The van der Waals surface area contributed by atoms with Gasteiger partial charge in [-0.3, -0.25) is 28.8 Å². The molecule has 264 valence electrons. The third kappa shape index (κ3) is 17.6. The molecule has 0 rings (SSSR count). The Morgan fingerprint density at radius 2 is 0.913 bits per heavy atom. The van der Waals surface area contributed by atoms with Gasteiger partial charge in [0.1, 0.15) is 30.2 Å². The molecular weight excluding hydrogens is 602 g/mol. The Morgan fingerprint density at radius 3 is 1.26 bits per heavy atom. The van der Waals surface area contributed by atoms with Crippen LogP contribution in [0.3, 0.4) is 0 Å². The summed E-state index contributed by atoms with van der Waals surface area (Å²) in [6.07, 6.45) is 0.765. The van der Waals surface area contributed by atoms with Crippen molar-refractivity contribution in [2.45, 2.75) is 117 Å². The lowest BCUT2D eigenvalue weighted by molar-refractivity contribution is -0.143. The van der Waals surface area contributed by atoms with Crippen molar-refractivity contribution < 1.29 is 43.8 Å². The molecule has 0 aromatic carbocycles. The van der Waals surface area contributed by atoms with Crippen LogP contribution in [0.5, 0.6) is 0 Å². The summed E-state index contributed by atoms with van der Waals surface area (Å²) in [6, 6.07) is -6.28. The van der Waals surface area contributed by atoms with E-state index in [1.165, 1.54) is 0 Å². The zero-order valence-corrected chi connectivity index (χ0v) is 27.9. The van der Waals surface area contributed by atoms with Gasteiger partial charge >= 0.3 is 11.9 Å². The molecule has 0 aromatic rings. The minimum absolute atomic E-state index is 0.00236. The quantitative estimate of drug-likeness (QED) is 0.0613. The normalized spacial score (nSPS) is 14.5. The second-order valence-corrected chi connectivity index (χ2v) is 12.7. The Bertz CT molecular complexity index is 1040. The fraction of sp³-hybridized carbons (Fsp3) is 0.767. The number of rotatable bonds is 23. The van der Waals surface area contributed by atoms with E-state index in [-0.39, 0.29) is 50.0 Å². The first-order valence-corrected chi connectivity index (χ1v) is 15.8. The van der Waals surface area contributed by atoms with Crippen molar-refractivity contribution in [2.75, 3.05) is 13.1 Å². The molecule has 0 saturated carbocycles. The minimum atomic E-state index is -1.64. The Hall–Kier alpha value is -3.79. The van der Waals surface area contributed by atoms with Crippen LogP contribution in [0.15, 0.2) is 0 Å². The molecule has 16 nitrogen and oxygen atoms in total. The topological polar surface area (TPSA) is 272 Å². The highest BCUT2D eigenvalue weighted by atomic mass is 16.4. The summed E-state index contributed by atoms with van der Waals surface area (Å²) in [4.78, 5) is 88.4. The Labute approximate surface area is 270 Å². The average molecular weight is 658 g/mol. The third-order valence-electron chi connectivity index (χ3n) is 6.80. The van der Waals surface area contributed by atoms with Crippen molar-refractivity contribution in [3.8, 4) is 0 Å². The number of carboxylic acid groups (broad SMARTS) is 2. The SMILES string of the molecule is CC(C)C[C@H](NC(=O)CN)C(=O)N[C@@H](CC(C)C)C(=O)N[C@@H](CC(=O)O)C(=O)N[C@@H](CC(C)C)C(=O)N[C@@H](CCCCN)C(=O)O. The summed E-state index contributed by atoms with van der Waals surface area (Å²) in [5, 5.41) is 31.5. The second-order valence-electron chi connectivity index (χ2n) is 12.7. The summed E-state index contributed by atoms with van der Waals surface area (Å²) in [6.45, 7) is 10.9. The van der Waals surface area contributed by atoms with Crippen molar-refractivity contribution in [1.29, 1.82) is 0 Å². The van der Waals surface area contributed by atoms with Crippen molar-refractivity contribution in [2.24, 2.45) is 29.2 Å². The van der Waals surface area contributed by atoms with E-state index in [1.807, 2.05) is 13.8 Å². The van der Waals surface area contributed by atoms with Crippen LogP contribution in [0.25, 0.3) is 0 Å². The number of unbranched alkanes of at least 4 members (excludes halogenated alkanes) is 1. The fourth-order valence-electron chi connectivity index (χ4n) is 4.59. The molecule has 0 spiro atoms. The van der Waals surface area contributed by atoms with Crippen LogP contribution >= 0.6 is 0 Å². The van der Waals surface area contributed by atoms with E-state index in [0.717, 1.165) is 0 Å². The number of amides is 5. The van der Waals surface area contributed by atoms with Gasteiger partial charge in [0.05, 0.1) is 13.0 Å². The molecule has 0 radical (unpaired) electrons. The molecule has 0 aliphatic carbocycles. The van der Waals surface area contributed by atoms with Gasteiger partial charge in [-0.15, -0.1) is 0 Å². The number of hydrogen-bond acceptors (Lipinski definition) is 9. The summed E-state index contributed by atoms with van der Waals surface area (Å²) < 4.78 is 0. The molecule has 0 aliphatic heterocycles. The molecular formula is C30H55N7O9. The summed E-state index contributed by atoms with van der Waals surface area (Å²) in [5.74, 6) is -6.72. The number of carbonyl (C=O) groups is 7. The van der Waals surface area contributed by atoms with Crippen LogP contribution in [0.1, 0.15) is 86.5 Å². The standard InChI is InChI=1S/C30H55N7O9/c1-16(2)11-20(33-24(38)15-32)26(41)35-22(13-18(5)6)28(43)37-23(14-25(39)40)29(44)36-21(12-17(3)4)27(42)34-19(30(45)46)9-7-8-10-31/h16-23H,7-15,31-32H2,1-6H3,(H,33,38)(H,34,42)(H,35,41)(H,36,44)(H,37,43)(H,39,40)(H,45,46)/t19-,20-,21-,22-,23-/m0/s1. The van der Waals surface area contributed by atoms with E-state index in [1.54, 1.807) is 27.7 Å². The molecule has 5 atom stereocenters. The smallest absolute Gasteiger partial charge is 0.326 e. The van der Waals surface area contributed by atoms with Gasteiger partial charge in [0.25, 0.3) is 0 Å². The minimum Gasteiger partial charge on any atom is -0.481 e. The highest BCUT2D eigenvalue weighted by molar-refractivity contribution is 5.97. The highest BCUT2D eigenvalue weighted by Gasteiger charge is 2.34. The average Bonchev–Trinajstić information content (AvgIpc) is 2.93. The van der Waals surface area contributed by atoms with Crippen LogP contribution in [0.4, 0.5) is 0 Å². The van der Waals surface area contributed by atoms with Crippen molar-refractivity contribution >= 4 is 41.5 Å². The van der Waals surface area contributed by atoms with Gasteiger partial charge in [-0.05, 0) is 62.8 Å². The zero-order valence-electron chi connectivity index (χ0n) is 27.9. The lowest BCUT2D eigenvalue weighted by Gasteiger charge is -2.28. The van der Waals surface area contributed by atoms with Crippen molar-refractivity contribution in [3.63, 3.8) is 0 Å². The number of hydrogen-bond donors (Lipinski definition) is 9. The van der Waals surface area contributed by atoms with Gasteiger partial charge in [0, 0.05) is 0 Å². The van der Waals surface area contributed by atoms with Gasteiger partial charge in [0.2, 0.25) is 29.5 Å². The highest BCUT2D eigenvalue weighted by Crippen LogP contribution is 2.11. The predicted octanol–water partition coefficient (Wildman–Crippen LogP) is -0.804. The first-order chi connectivity index (χ1) is 21.4. The molecule has 0 bridgehead atoms. The van der Waals surface area contributed by atoms with E-state index in [2.05, 4.69) is 26.6 Å². The number of carbonyl (C=O) groups excluding carboxylic acids is 5. The van der Waals surface area contributed by atoms with Crippen LogP contribution in [0, 0.1) is 17.8 Å². The maximum Gasteiger partial charge on any atom is 0.326 e. The first kappa shape index (κ1) is 42.2. The van der Waals surface area contributed by atoms with Gasteiger partial charge in [-0.1, -0.05) is 41.5 Å². The number of nitrogens with one attached hydrogen (secondary N) is 5. The largest absolute Gasteiger partial charge is 0.481 e. The fourth-order valence-corrected chi connectivity index (χ4v) is 4.59. The van der Waals surface area contributed by atoms with E-state index in [4.69, 9.17) is 11.5 Å². The molecule has 0 heterocycles. The molecule has 11 N–H and O–H groups in total. The number of nitrogens with two attached hydrogens (primary N) is 2. The summed E-state index contributed by atoms with van der Waals surface area (Å²) in [5.41, 5.74) is 10.9. The Balaban J connectivity index is 6.03. The van der Waals surface area contributed by atoms with Crippen LogP contribution < -0.4 is 38.1 Å². The maximum atomic E-state index is 13.4. The molecule has 5 amide bonds. The summed E-state index contributed by atoms with van der Waals surface area (Å²) >= 11 is 0. The van der Waals surface area contributed by atoms with Crippen LogP contribution in [0.2, 0.25) is 0 Å². The van der Waals surface area contributed by atoms with Gasteiger partial charge in [0.15, 0.2) is 0 Å². The maximum absolute atomic E-state index is 13.4. The zero-order chi connectivity index (χ0) is 35.6. The van der Waals surface area contributed by atoms with Gasteiger partial charge in [-0.2, -0.15) is 0 Å². The number of aliphatic carboxylic acids is 2. The number of carboxylic acids is 2. The van der Waals surface area contributed by atoms with Gasteiger partial charge < -0.3 is 48.3 Å². The molecule has 0 fully saturated rings. The predicted molar refractivity (Wildman–Crippen MR) is 170 cm³/mol. The third-order valence-corrected chi connectivity index (χ3v) is 6.80. The Morgan fingerprint density at radius 1 is 0.543 bits per heavy atom. The molecule has 0 saturated heterocycles. The lowest BCUT2D eigenvalue weighted by atomic mass is 9.99. The molecule has 0 aromatic heterocycles. The van der Waals surface area contributed by atoms with Crippen LogP contribution in [-0.4, -0.2) is 95.0 Å². The molecule has 16 heteroatoms. The van der Waals surface area contributed by atoms with E-state index >= 15 is 0 Å². The summed E-state index contributed by atoms with van der Waals surface area (Å²) in [7, 11) is 0. The van der Waals surface area contributed by atoms with Crippen LogP contribution in [-0.2, 0) is 33.6 Å². The van der Waals surface area contributed by atoms with Crippen molar-refractivity contribution in [1.82, 2.24) is 26.6 Å².